The number of rotatable bonds is 18. The van der Waals surface area contributed by atoms with Gasteiger partial charge in [0.05, 0.1) is 52.0 Å². The van der Waals surface area contributed by atoms with Crippen molar-refractivity contribution in [2.24, 2.45) is 21.7 Å². The van der Waals surface area contributed by atoms with Crippen molar-refractivity contribution in [1.29, 1.82) is 5.26 Å². The number of ether oxygens (including phenoxy) is 3. The number of carbonyl (C=O) groups excluding carboxylic acids is 4. The van der Waals surface area contributed by atoms with E-state index in [1.54, 1.807) is 41.7 Å². The van der Waals surface area contributed by atoms with E-state index in [0.29, 0.717) is 48.1 Å². The van der Waals surface area contributed by atoms with Gasteiger partial charge in [-0.05, 0) is 73.2 Å². The number of likely N-dealkylation sites (tertiary alicyclic amines) is 1. The Morgan fingerprint density at radius 3 is 2.29 bits per heavy atom. The van der Waals surface area contributed by atoms with Gasteiger partial charge in [-0.2, -0.15) is 5.26 Å². The molecule has 1 aliphatic carbocycles. The highest BCUT2D eigenvalue weighted by atomic mass is 35.5. The van der Waals surface area contributed by atoms with Crippen molar-refractivity contribution in [3.8, 4) is 22.3 Å². The minimum Gasteiger partial charge on any atom is -0.489 e. The summed E-state index contributed by atoms with van der Waals surface area (Å²) in [5, 5.41) is 32.9. The van der Waals surface area contributed by atoms with Gasteiger partial charge in [-0.25, -0.2) is 4.98 Å². The second-order valence-corrected chi connectivity index (χ2v) is 22.7. The Morgan fingerprint density at radius 2 is 1.70 bits per heavy atom. The Balaban J connectivity index is 0.859. The number of halogens is 1. The average Bonchev–Trinajstić information content (AvgIpc) is 3.92. The smallest absolute Gasteiger partial charge is 0.251 e. The van der Waals surface area contributed by atoms with Crippen LogP contribution in [-0.2, 0) is 23.9 Å². The summed E-state index contributed by atoms with van der Waals surface area (Å²) in [5.74, 6) is -0.905. The Bertz CT molecular complexity index is 2570. The Hall–Kier alpha value is -5.57. The maximum atomic E-state index is 14.2. The van der Waals surface area contributed by atoms with Gasteiger partial charge in [0.15, 0.2) is 0 Å². The number of amides is 4. The predicted octanol–water partition coefficient (Wildman–Crippen LogP) is 7.46. The molecule has 4 amide bonds. The van der Waals surface area contributed by atoms with Crippen molar-refractivity contribution >= 4 is 52.3 Å². The largest absolute Gasteiger partial charge is 0.489 e. The molecule has 15 nitrogen and oxygen atoms in total. The highest BCUT2D eigenvalue weighted by Gasteiger charge is 2.64. The van der Waals surface area contributed by atoms with Crippen molar-refractivity contribution in [3.63, 3.8) is 0 Å². The van der Waals surface area contributed by atoms with E-state index in [1.165, 1.54) is 4.90 Å². The monoisotopic (exact) mass is 995 g/mol. The number of β-amino-alcohol motifs (C(OH)–C–C–N with tert-alkyl or cyclic N) is 1. The molecule has 3 heterocycles. The van der Waals surface area contributed by atoms with Crippen LogP contribution < -0.4 is 26.0 Å². The first-order valence-corrected chi connectivity index (χ1v) is 25.0. The molecule has 1 aromatic heterocycles. The number of nitriles is 1. The molecule has 3 aliphatic rings. The number of aryl methyl sites for hydroxylation is 1. The fourth-order valence-corrected chi connectivity index (χ4v) is 11.3. The number of thiazole rings is 1. The van der Waals surface area contributed by atoms with E-state index in [-0.39, 0.29) is 61.6 Å². The van der Waals surface area contributed by atoms with E-state index < -0.39 is 46.2 Å². The molecule has 2 aliphatic heterocycles. The lowest BCUT2D eigenvalue weighted by Gasteiger charge is -2.63. The molecule has 3 aromatic carbocycles. The zero-order chi connectivity index (χ0) is 50.8. The first-order valence-electron chi connectivity index (χ1n) is 23.8. The van der Waals surface area contributed by atoms with Gasteiger partial charge in [-0.1, -0.05) is 84.3 Å². The van der Waals surface area contributed by atoms with Crippen molar-refractivity contribution in [2.75, 3.05) is 44.8 Å². The maximum absolute atomic E-state index is 14.2. The average molecular weight is 997 g/mol. The summed E-state index contributed by atoms with van der Waals surface area (Å²) in [6.07, 6.45) is -0.416. The summed E-state index contributed by atoms with van der Waals surface area (Å²) >= 11 is 7.83. The van der Waals surface area contributed by atoms with Crippen LogP contribution >= 0.6 is 22.9 Å². The third kappa shape index (κ3) is 11.5. The Labute approximate surface area is 420 Å². The molecular weight excluding hydrogens is 930 g/mol. The molecule has 2 saturated heterocycles. The van der Waals surface area contributed by atoms with E-state index in [0.717, 1.165) is 27.4 Å². The SMILES string of the molecule is Cc1ncsc1-c1ccc([C@H](C)NC(=O)[C@@H]2C[C@@H](O)CN2C(=O)[C@@H](NC(=O)COCCC2(CNc3ccc(C(=O)NC4C(C)(C)C(Oc5ccc(C#N)c(Cl)c5)C4(C)C)cc3)COC2)C(C)(C)C)cc1. The Kier molecular flexibility index (Phi) is 15.7. The number of nitrogens with zero attached hydrogens (tertiary/aromatic N) is 3. The van der Waals surface area contributed by atoms with Crippen LogP contribution in [0.15, 0.2) is 72.2 Å². The summed E-state index contributed by atoms with van der Waals surface area (Å²) in [5.41, 5.74) is 4.71. The van der Waals surface area contributed by atoms with Gasteiger partial charge in [0, 0.05) is 65.7 Å². The van der Waals surface area contributed by atoms with Gasteiger partial charge >= 0.3 is 0 Å². The van der Waals surface area contributed by atoms with Gasteiger partial charge in [-0.3, -0.25) is 19.2 Å². The van der Waals surface area contributed by atoms with Gasteiger partial charge in [0.25, 0.3) is 5.91 Å². The van der Waals surface area contributed by atoms with Crippen LogP contribution in [0.4, 0.5) is 5.69 Å². The zero-order valence-corrected chi connectivity index (χ0v) is 43.1. The second-order valence-electron chi connectivity index (χ2n) is 21.4. The molecule has 0 spiro atoms. The predicted molar refractivity (Wildman–Crippen MR) is 269 cm³/mol. The highest BCUT2D eigenvalue weighted by Crippen LogP contribution is 2.55. The quantitative estimate of drug-likeness (QED) is 0.0619. The standard InChI is InChI=1S/C53H66ClN7O8S/c1-31(33-10-12-34(13-11-33)43-32(2)57-30-70-43)58-46(65)41-22-38(62)25-61(41)47(66)44(50(3,4)5)59-42(63)26-67-21-20-53(28-68-29-53)27-56-37-17-14-35(15-18-37)45(64)60-48-51(6,7)49(52(48,8)9)69-39-19-16-36(24-55)40(54)23-39/h10-19,23,30-31,38,41,44,48-49,56,62H,20-22,25-29H2,1-9H3,(H,58,65)(H,59,63)(H,60,64)/t31-,38+,41-,44+,48?,49?/m0/s1. The molecule has 17 heteroatoms. The zero-order valence-electron chi connectivity index (χ0n) is 41.5. The fraction of sp³-hybridized carbons (Fsp3) is 0.509. The number of anilines is 1. The minimum absolute atomic E-state index is 0.0284. The maximum Gasteiger partial charge on any atom is 0.251 e. The number of benzene rings is 3. The number of aliphatic hydroxyl groups excluding tert-OH is 1. The molecule has 7 rings (SSSR count). The highest BCUT2D eigenvalue weighted by molar-refractivity contribution is 7.13. The summed E-state index contributed by atoms with van der Waals surface area (Å²) in [4.78, 5) is 61.6. The summed E-state index contributed by atoms with van der Waals surface area (Å²) in [7, 11) is 0. The van der Waals surface area contributed by atoms with Crippen LogP contribution in [0.25, 0.3) is 10.4 Å². The van der Waals surface area contributed by atoms with Gasteiger partial charge < -0.3 is 45.5 Å². The van der Waals surface area contributed by atoms with Crippen molar-refractivity contribution < 1.29 is 38.5 Å². The molecular formula is C53H66ClN7O8S. The number of aliphatic hydroxyl groups is 1. The third-order valence-corrected chi connectivity index (χ3v) is 15.4. The minimum atomic E-state index is -0.984. The first kappa shape index (κ1) is 52.3. The molecule has 4 aromatic rings. The third-order valence-electron chi connectivity index (χ3n) is 14.1. The van der Waals surface area contributed by atoms with E-state index >= 15 is 0 Å². The number of nitrogens with one attached hydrogen (secondary N) is 4. The number of hydrogen-bond acceptors (Lipinski definition) is 12. The molecule has 70 heavy (non-hydrogen) atoms. The second kappa shape index (κ2) is 21.0. The number of aromatic nitrogens is 1. The van der Waals surface area contributed by atoms with Crippen LogP contribution in [0.2, 0.25) is 5.02 Å². The van der Waals surface area contributed by atoms with Gasteiger partial charge in [0.2, 0.25) is 17.7 Å². The molecule has 5 N–H and O–H groups in total. The van der Waals surface area contributed by atoms with Crippen LogP contribution in [0.3, 0.4) is 0 Å². The first-order chi connectivity index (χ1) is 33.0. The van der Waals surface area contributed by atoms with Crippen LogP contribution in [-0.4, -0.2) is 108 Å². The van der Waals surface area contributed by atoms with E-state index in [4.69, 9.17) is 25.8 Å². The molecule has 1 saturated carbocycles. The van der Waals surface area contributed by atoms with Crippen LogP contribution in [0.5, 0.6) is 5.75 Å². The molecule has 0 bridgehead atoms. The van der Waals surface area contributed by atoms with E-state index in [1.807, 2.05) is 76.5 Å². The summed E-state index contributed by atoms with van der Waals surface area (Å²) < 4.78 is 17.9. The lowest BCUT2D eigenvalue weighted by Crippen LogP contribution is -2.74. The molecule has 4 atom stereocenters. The van der Waals surface area contributed by atoms with Gasteiger partial charge in [0.1, 0.15) is 36.6 Å². The van der Waals surface area contributed by atoms with Crippen LogP contribution in [0.1, 0.15) is 101 Å². The van der Waals surface area contributed by atoms with Crippen LogP contribution in [0, 0.1) is 39.9 Å². The fourth-order valence-electron chi connectivity index (χ4n) is 10.2. The Morgan fingerprint density at radius 1 is 1.01 bits per heavy atom. The normalized spacial score (nSPS) is 21.8. The van der Waals surface area contributed by atoms with Crippen molar-refractivity contribution in [3.05, 3.63) is 99.6 Å². The topological polar surface area (TPSA) is 204 Å². The molecule has 0 radical (unpaired) electrons. The van der Waals surface area contributed by atoms with E-state index in [9.17, 15) is 29.5 Å². The summed E-state index contributed by atoms with van der Waals surface area (Å²) in [6, 6.07) is 19.9. The number of carbonyl (C=O) groups is 4. The van der Waals surface area contributed by atoms with Crippen molar-refractivity contribution in [1.82, 2.24) is 25.8 Å². The van der Waals surface area contributed by atoms with Gasteiger partial charge in [-0.15, -0.1) is 11.3 Å². The summed E-state index contributed by atoms with van der Waals surface area (Å²) in [6.45, 7) is 19.2. The number of hydrogen-bond donors (Lipinski definition) is 5. The lowest BCUT2D eigenvalue weighted by molar-refractivity contribution is -0.164. The van der Waals surface area contributed by atoms with Crippen molar-refractivity contribution in [2.45, 2.75) is 112 Å². The van der Waals surface area contributed by atoms with E-state index in [2.05, 4.69) is 60.0 Å². The molecule has 374 valence electrons. The molecule has 0 unspecified atom stereocenters. The lowest BCUT2D eigenvalue weighted by atomic mass is 9.49. The molecule has 3 fully saturated rings.